The first-order valence-corrected chi connectivity index (χ1v) is 6.79. The molecule has 0 atom stereocenters. The molecule has 6 heteroatoms. The zero-order valence-electron chi connectivity index (χ0n) is 10.8. The van der Waals surface area contributed by atoms with Crippen molar-refractivity contribution in [2.75, 3.05) is 5.73 Å². The second-order valence-corrected chi connectivity index (χ2v) is 4.98. The van der Waals surface area contributed by atoms with Gasteiger partial charge in [-0.25, -0.2) is 0 Å². The molecule has 20 heavy (non-hydrogen) atoms. The number of hydrogen-bond acceptors (Lipinski definition) is 6. The van der Waals surface area contributed by atoms with Gasteiger partial charge in [0.15, 0.2) is 11.0 Å². The quantitative estimate of drug-likeness (QED) is 0.799. The molecule has 2 N–H and O–H groups in total. The number of pyridine rings is 1. The van der Waals surface area contributed by atoms with Gasteiger partial charge in [0.25, 0.3) is 0 Å². The van der Waals surface area contributed by atoms with Gasteiger partial charge in [0.1, 0.15) is 17.2 Å². The third kappa shape index (κ3) is 2.60. The van der Waals surface area contributed by atoms with Gasteiger partial charge in [-0.2, -0.15) is 9.36 Å². The van der Waals surface area contributed by atoms with Crippen LogP contribution >= 0.6 is 11.5 Å². The molecule has 0 amide bonds. The van der Waals surface area contributed by atoms with E-state index in [-0.39, 0.29) is 0 Å². The lowest BCUT2D eigenvalue weighted by molar-refractivity contribution is 0.478. The van der Waals surface area contributed by atoms with E-state index in [0.29, 0.717) is 22.4 Å². The highest BCUT2D eigenvalue weighted by molar-refractivity contribution is 7.09. The number of aryl methyl sites for hydroxylation is 1. The topological polar surface area (TPSA) is 73.9 Å². The van der Waals surface area contributed by atoms with Crippen molar-refractivity contribution in [3.05, 3.63) is 48.2 Å². The van der Waals surface area contributed by atoms with Crippen molar-refractivity contribution < 1.29 is 4.74 Å². The van der Waals surface area contributed by atoms with Gasteiger partial charge in [-0.1, -0.05) is 18.2 Å². The molecule has 5 nitrogen and oxygen atoms in total. The minimum absolute atomic E-state index is 0.423. The van der Waals surface area contributed by atoms with Crippen LogP contribution in [0.25, 0.3) is 11.5 Å². The Labute approximate surface area is 120 Å². The number of nitrogens with zero attached hydrogens (tertiary/aromatic N) is 3. The number of benzene rings is 1. The highest BCUT2D eigenvalue weighted by atomic mass is 32.1. The zero-order chi connectivity index (χ0) is 13.9. The first-order valence-electron chi connectivity index (χ1n) is 6.01. The Morgan fingerprint density at radius 3 is 2.80 bits per heavy atom. The summed E-state index contributed by atoms with van der Waals surface area (Å²) in [4.78, 5) is 8.35. The van der Waals surface area contributed by atoms with Crippen molar-refractivity contribution in [3.63, 3.8) is 0 Å². The van der Waals surface area contributed by atoms with Gasteiger partial charge in [-0.3, -0.25) is 4.98 Å². The minimum atomic E-state index is 0.423. The maximum Gasteiger partial charge on any atom is 0.200 e. The first-order chi connectivity index (χ1) is 9.72. The molecule has 0 saturated carbocycles. The molecule has 0 aliphatic heterocycles. The smallest absolute Gasteiger partial charge is 0.200 e. The summed E-state index contributed by atoms with van der Waals surface area (Å²) in [5.74, 6) is 2.02. The Hall–Kier alpha value is -2.47. The van der Waals surface area contributed by atoms with Crippen LogP contribution in [0.15, 0.2) is 42.6 Å². The molecule has 0 aliphatic carbocycles. The fourth-order valence-corrected chi connectivity index (χ4v) is 2.18. The van der Waals surface area contributed by atoms with Crippen molar-refractivity contribution in [1.29, 1.82) is 0 Å². The number of aromatic nitrogens is 3. The number of nitrogens with two attached hydrogens (primary N) is 1. The van der Waals surface area contributed by atoms with Gasteiger partial charge in [0.05, 0.1) is 0 Å². The van der Waals surface area contributed by atoms with Crippen molar-refractivity contribution in [2.45, 2.75) is 6.92 Å². The molecule has 1 aromatic carbocycles. The second-order valence-electron chi connectivity index (χ2n) is 4.20. The molecule has 3 aromatic rings. The normalized spacial score (nSPS) is 10.4. The van der Waals surface area contributed by atoms with Crippen LogP contribution in [0.2, 0.25) is 0 Å². The van der Waals surface area contributed by atoms with Crippen LogP contribution in [0.4, 0.5) is 5.13 Å². The third-order valence-electron chi connectivity index (χ3n) is 2.72. The standard InChI is InChI=1S/C14H12N4OS/c1-9-4-2-3-5-12(9)19-10-6-7-16-11(8-10)13-17-14(15)20-18-13/h2-8H,1H3,(H2,15,17,18). The molecule has 2 aromatic heterocycles. The van der Waals surface area contributed by atoms with Crippen molar-refractivity contribution in [3.8, 4) is 23.0 Å². The lowest BCUT2D eigenvalue weighted by atomic mass is 10.2. The van der Waals surface area contributed by atoms with Gasteiger partial charge < -0.3 is 10.5 Å². The molecule has 0 fully saturated rings. The van der Waals surface area contributed by atoms with E-state index in [1.165, 1.54) is 0 Å². The van der Waals surface area contributed by atoms with Crippen LogP contribution in [-0.2, 0) is 0 Å². The van der Waals surface area contributed by atoms with E-state index in [0.717, 1.165) is 22.8 Å². The van der Waals surface area contributed by atoms with E-state index in [9.17, 15) is 0 Å². The predicted molar refractivity (Wildman–Crippen MR) is 78.8 cm³/mol. The second kappa shape index (κ2) is 5.26. The Kier molecular flexibility index (Phi) is 3.30. The largest absolute Gasteiger partial charge is 0.457 e. The summed E-state index contributed by atoms with van der Waals surface area (Å²) < 4.78 is 9.99. The van der Waals surface area contributed by atoms with Crippen LogP contribution in [0.5, 0.6) is 11.5 Å². The van der Waals surface area contributed by atoms with E-state index in [1.807, 2.05) is 31.2 Å². The fraction of sp³-hybridized carbons (Fsp3) is 0.0714. The van der Waals surface area contributed by atoms with Gasteiger partial charge in [-0.15, -0.1) is 0 Å². The van der Waals surface area contributed by atoms with Crippen molar-refractivity contribution >= 4 is 16.7 Å². The number of ether oxygens (including phenoxy) is 1. The molecule has 0 unspecified atom stereocenters. The summed E-state index contributed by atoms with van der Waals surface area (Å²) in [7, 11) is 0. The molecule has 0 bridgehead atoms. The maximum atomic E-state index is 5.85. The molecule has 0 aliphatic rings. The number of nitrogen functional groups attached to an aromatic ring is 1. The monoisotopic (exact) mass is 284 g/mol. The molecular weight excluding hydrogens is 272 g/mol. The molecule has 2 heterocycles. The molecule has 3 rings (SSSR count). The molecule has 0 radical (unpaired) electrons. The van der Waals surface area contributed by atoms with Crippen molar-refractivity contribution in [1.82, 2.24) is 14.3 Å². The van der Waals surface area contributed by atoms with E-state index in [2.05, 4.69) is 14.3 Å². The van der Waals surface area contributed by atoms with E-state index < -0.39 is 0 Å². The highest BCUT2D eigenvalue weighted by Gasteiger charge is 2.08. The number of anilines is 1. The average molecular weight is 284 g/mol. The first kappa shape index (κ1) is 12.6. The van der Waals surface area contributed by atoms with Crippen LogP contribution in [-0.4, -0.2) is 14.3 Å². The fourth-order valence-electron chi connectivity index (χ4n) is 1.73. The van der Waals surface area contributed by atoms with Gasteiger partial charge >= 0.3 is 0 Å². The molecule has 0 spiro atoms. The van der Waals surface area contributed by atoms with Crippen LogP contribution in [0, 0.1) is 6.92 Å². The van der Waals surface area contributed by atoms with E-state index >= 15 is 0 Å². The summed E-state index contributed by atoms with van der Waals surface area (Å²) in [6.07, 6.45) is 1.67. The van der Waals surface area contributed by atoms with Crippen LogP contribution < -0.4 is 10.5 Å². The molecule has 100 valence electrons. The van der Waals surface area contributed by atoms with Gasteiger partial charge in [0, 0.05) is 23.8 Å². The van der Waals surface area contributed by atoms with E-state index in [4.69, 9.17) is 10.5 Å². The van der Waals surface area contributed by atoms with Crippen LogP contribution in [0.1, 0.15) is 5.56 Å². The van der Waals surface area contributed by atoms with Crippen LogP contribution in [0.3, 0.4) is 0 Å². The van der Waals surface area contributed by atoms with Crippen molar-refractivity contribution in [2.24, 2.45) is 0 Å². The Balaban J connectivity index is 1.90. The SMILES string of the molecule is Cc1ccccc1Oc1ccnc(-c2nsc(N)n2)c1. The lowest BCUT2D eigenvalue weighted by Crippen LogP contribution is -1.91. The highest BCUT2D eigenvalue weighted by Crippen LogP contribution is 2.27. The number of hydrogen-bond donors (Lipinski definition) is 1. The summed E-state index contributed by atoms with van der Waals surface area (Å²) in [6.45, 7) is 2.00. The molecular formula is C14H12N4OS. The summed E-state index contributed by atoms with van der Waals surface area (Å²) in [5, 5.41) is 0.423. The maximum absolute atomic E-state index is 5.85. The van der Waals surface area contributed by atoms with E-state index in [1.54, 1.807) is 18.3 Å². The number of para-hydroxylation sites is 1. The molecule has 0 saturated heterocycles. The Bertz CT molecular complexity index is 741. The summed E-state index contributed by atoms with van der Waals surface area (Å²) in [6, 6.07) is 11.4. The Morgan fingerprint density at radius 2 is 2.05 bits per heavy atom. The van der Waals surface area contributed by atoms with Gasteiger partial charge in [0.2, 0.25) is 0 Å². The number of rotatable bonds is 3. The summed E-state index contributed by atoms with van der Waals surface area (Å²) in [5.41, 5.74) is 7.30. The predicted octanol–water partition coefficient (Wildman–Crippen LogP) is 3.28. The average Bonchev–Trinajstić information content (AvgIpc) is 2.89. The Morgan fingerprint density at radius 1 is 1.20 bits per heavy atom. The zero-order valence-corrected chi connectivity index (χ0v) is 11.6. The summed E-state index contributed by atoms with van der Waals surface area (Å²) >= 11 is 1.15. The minimum Gasteiger partial charge on any atom is -0.457 e. The lowest BCUT2D eigenvalue weighted by Gasteiger charge is -2.08. The third-order valence-corrected chi connectivity index (χ3v) is 3.27. The van der Waals surface area contributed by atoms with Gasteiger partial charge in [-0.05, 0) is 24.6 Å².